The molecular weight excluding hydrogens is 270 g/mol. The minimum absolute atomic E-state index is 0.730. The Morgan fingerprint density at radius 2 is 1.90 bits per heavy atom. The predicted molar refractivity (Wildman–Crippen MR) is 83.8 cm³/mol. The van der Waals surface area contributed by atoms with E-state index < -0.39 is 0 Å². The molecule has 0 saturated carbocycles. The molecule has 108 valence electrons. The van der Waals surface area contributed by atoms with Crippen molar-refractivity contribution in [2.45, 2.75) is 52.0 Å². The summed E-state index contributed by atoms with van der Waals surface area (Å²) in [6, 6.07) is 7.72. The fourth-order valence-electron chi connectivity index (χ4n) is 2.24. The molecule has 0 aliphatic rings. The number of aryl methyl sites for hydroxylation is 1. The largest absolute Gasteiger partial charge is 0.252 e. The fraction of sp³-hybridized carbons (Fsp3) is 0.500. The van der Waals surface area contributed by atoms with Gasteiger partial charge in [0.2, 0.25) is 0 Å². The molecule has 0 fully saturated rings. The van der Waals surface area contributed by atoms with E-state index in [1.165, 1.54) is 38.5 Å². The van der Waals surface area contributed by atoms with Gasteiger partial charge in [0.15, 0.2) is 0 Å². The van der Waals surface area contributed by atoms with Crippen LogP contribution in [0.15, 0.2) is 30.5 Å². The van der Waals surface area contributed by atoms with Gasteiger partial charge < -0.3 is 0 Å². The molecule has 0 bridgehead atoms. The second kappa shape index (κ2) is 8.05. The Morgan fingerprint density at radius 3 is 2.70 bits per heavy atom. The molecule has 1 heterocycles. The molecule has 0 radical (unpaired) electrons. The van der Waals surface area contributed by atoms with Gasteiger partial charge in [0, 0.05) is 17.1 Å². The van der Waals surface area contributed by atoms with E-state index in [1.54, 1.807) is 0 Å². The third-order valence-electron chi connectivity index (χ3n) is 3.40. The molecule has 0 spiro atoms. The van der Waals surface area contributed by atoms with Gasteiger partial charge in [0.1, 0.15) is 5.69 Å². The standard InChI is InChI=1S/C16H22ClN3/c1-2-3-4-5-6-7-11-20-13-16(18-19-20)14-9-8-10-15(17)12-14/h8-10,12-13H,2-7,11H2,1H3. The van der Waals surface area contributed by atoms with Gasteiger partial charge in [-0.3, -0.25) is 4.68 Å². The Labute approximate surface area is 126 Å². The lowest BCUT2D eigenvalue weighted by molar-refractivity contribution is 0.516. The molecule has 20 heavy (non-hydrogen) atoms. The first-order valence-corrected chi connectivity index (χ1v) is 7.83. The molecule has 0 N–H and O–H groups in total. The van der Waals surface area contributed by atoms with Gasteiger partial charge in [0.25, 0.3) is 0 Å². The zero-order valence-corrected chi connectivity index (χ0v) is 12.8. The Hall–Kier alpha value is -1.35. The molecular formula is C16H22ClN3. The highest BCUT2D eigenvalue weighted by Crippen LogP contribution is 2.20. The van der Waals surface area contributed by atoms with Crippen molar-refractivity contribution < 1.29 is 0 Å². The third kappa shape index (κ3) is 4.64. The topological polar surface area (TPSA) is 30.7 Å². The van der Waals surface area contributed by atoms with E-state index >= 15 is 0 Å². The molecule has 0 atom stereocenters. The molecule has 0 aliphatic carbocycles. The number of hydrogen-bond donors (Lipinski definition) is 0. The van der Waals surface area contributed by atoms with Crippen molar-refractivity contribution in [1.29, 1.82) is 0 Å². The summed E-state index contributed by atoms with van der Waals surface area (Å²) >= 11 is 5.99. The first kappa shape index (κ1) is 15.0. The maximum absolute atomic E-state index is 5.99. The predicted octanol–water partition coefficient (Wildman–Crippen LogP) is 4.96. The van der Waals surface area contributed by atoms with Crippen LogP contribution >= 0.6 is 11.6 Å². The average Bonchev–Trinajstić information content (AvgIpc) is 2.91. The average molecular weight is 292 g/mol. The van der Waals surface area contributed by atoms with E-state index in [0.29, 0.717) is 0 Å². The van der Waals surface area contributed by atoms with Crippen LogP contribution < -0.4 is 0 Å². The lowest BCUT2D eigenvalue weighted by Crippen LogP contribution is -1.98. The maximum Gasteiger partial charge on any atom is 0.113 e. The Kier molecular flexibility index (Phi) is 6.06. The number of unbranched alkanes of at least 4 members (excludes halogenated alkanes) is 5. The van der Waals surface area contributed by atoms with E-state index in [4.69, 9.17) is 11.6 Å². The van der Waals surface area contributed by atoms with E-state index in [-0.39, 0.29) is 0 Å². The van der Waals surface area contributed by atoms with Crippen molar-refractivity contribution in [1.82, 2.24) is 15.0 Å². The second-order valence-corrected chi connectivity index (χ2v) is 5.58. The van der Waals surface area contributed by atoms with Crippen molar-refractivity contribution in [2.75, 3.05) is 0 Å². The van der Waals surface area contributed by atoms with Crippen LogP contribution in [0.1, 0.15) is 45.4 Å². The third-order valence-corrected chi connectivity index (χ3v) is 3.63. The Morgan fingerprint density at radius 1 is 1.10 bits per heavy atom. The smallest absolute Gasteiger partial charge is 0.113 e. The maximum atomic E-state index is 5.99. The number of halogens is 1. The number of nitrogens with zero attached hydrogens (tertiary/aromatic N) is 3. The molecule has 0 aliphatic heterocycles. The molecule has 3 nitrogen and oxygen atoms in total. The summed E-state index contributed by atoms with van der Waals surface area (Å²) in [7, 11) is 0. The van der Waals surface area contributed by atoms with Crippen molar-refractivity contribution in [2.24, 2.45) is 0 Å². The monoisotopic (exact) mass is 291 g/mol. The van der Waals surface area contributed by atoms with E-state index in [0.717, 1.165) is 22.8 Å². The summed E-state index contributed by atoms with van der Waals surface area (Å²) in [6.45, 7) is 3.19. The Balaban J connectivity index is 1.80. The van der Waals surface area contributed by atoms with Gasteiger partial charge >= 0.3 is 0 Å². The Bertz CT molecular complexity index is 522. The summed E-state index contributed by atoms with van der Waals surface area (Å²) in [5.74, 6) is 0. The summed E-state index contributed by atoms with van der Waals surface area (Å²) in [4.78, 5) is 0. The van der Waals surface area contributed by atoms with E-state index in [2.05, 4.69) is 17.2 Å². The molecule has 0 amide bonds. The van der Waals surface area contributed by atoms with Crippen molar-refractivity contribution in [3.8, 4) is 11.3 Å². The van der Waals surface area contributed by atoms with Crippen LogP contribution in [0, 0.1) is 0 Å². The van der Waals surface area contributed by atoms with Crippen LogP contribution in [0.4, 0.5) is 0 Å². The second-order valence-electron chi connectivity index (χ2n) is 5.14. The molecule has 2 aromatic rings. The first-order valence-electron chi connectivity index (χ1n) is 7.45. The summed E-state index contributed by atoms with van der Waals surface area (Å²) < 4.78 is 1.93. The van der Waals surface area contributed by atoms with Crippen LogP contribution in [0.3, 0.4) is 0 Å². The van der Waals surface area contributed by atoms with Crippen LogP contribution in [-0.4, -0.2) is 15.0 Å². The van der Waals surface area contributed by atoms with Crippen LogP contribution in [0.25, 0.3) is 11.3 Å². The van der Waals surface area contributed by atoms with Gasteiger partial charge in [-0.15, -0.1) is 5.10 Å². The van der Waals surface area contributed by atoms with Crippen LogP contribution in [-0.2, 0) is 6.54 Å². The van der Waals surface area contributed by atoms with Crippen LogP contribution in [0.5, 0.6) is 0 Å². The molecule has 0 unspecified atom stereocenters. The summed E-state index contributed by atoms with van der Waals surface area (Å²) in [5.41, 5.74) is 1.91. The van der Waals surface area contributed by atoms with Crippen molar-refractivity contribution in [3.05, 3.63) is 35.5 Å². The van der Waals surface area contributed by atoms with Crippen molar-refractivity contribution in [3.63, 3.8) is 0 Å². The minimum atomic E-state index is 0.730. The van der Waals surface area contributed by atoms with Gasteiger partial charge in [-0.05, 0) is 18.6 Å². The lowest BCUT2D eigenvalue weighted by Gasteiger charge is -2.00. The first-order chi connectivity index (χ1) is 9.79. The number of rotatable bonds is 8. The highest BCUT2D eigenvalue weighted by Gasteiger charge is 2.04. The minimum Gasteiger partial charge on any atom is -0.252 e. The van der Waals surface area contributed by atoms with Gasteiger partial charge in [-0.2, -0.15) is 0 Å². The van der Waals surface area contributed by atoms with Gasteiger partial charge in [-0.25, -0.2) is 0 Å². The van der Waals surface area contributed by atoms with E-state index in [1.807, 2.05) is 35.1 Å². The van der Waals surface area contributed by atoms with Gasteiger partial charge in [0.05, 0.1) is 6.20 Å². The zero-order chi connectivity index (χ0) is 14.2. The molecule has 2 rings (SSSR count). The lowest BCUT2D eigenvalue weighted by atomic mass is 10.1. The van der Waals surface area contributed by atoms with Crippen LogP contribution in [0.2, 0.25) is 5.02 Å². The normalized spacial score (nSPS) is 10.9. The quantitative estimate of drug-likeness (QED) is 0.644. The molecule has 1 aromatic carbocycles. The molecule has 0 saturated heterocycles. The molecule has 1 aromatic heterocycles. The number of aromatic nitrogens is 3. The summed E-state index contributed by atoms with van der Waals surface area (Å²) in [6.07, 6.45) is 9.76. The van der Waals surface area contributed by atoms with E-state index in [9.17, 15) is 0 Å². The highest BCUT2D eigenvalue weighted by molar-refractivity contribution is 6.30. The zero-order valence-electron chi connectivity index (χ0n) is 12.1. The SMILES string of the molecule is CCCCCCCCn1cc(-c2cccc(Cl)c2)nn1. The number of benzene rings is 1. The van der Waals surface area contributed by atoms with Gasteiger partial charge in [-0.1, -0.05) is 68.0 Å². The fourth-order valence-corrected chi connectivity index (χ4v) is 2.43. The highest BCUT2D eigenvalue weighted by atomic mass is 35.5. The van der Waals surface area contributed by atoms with Crippen molar-refractivity contribution >= 4 is 11.6 Å². The number of hydrogen-bond acceptors (Lipinski definition) is 2. The molecule has 4 heteroatoms. The summed E-state index contributed by atoms with van der Waals surface area (Å²) in [5, 5.41) is 9.12.